The van der Waals surface area contributed by atoms with Gasteiger partial charge in [-0.05, 0) is 23.7 Å². The first-order valence-electron chi connectivity index (χ1n) is 10.6. The fourth-order valence-corrected chi connectivity index (χ4v) is 6.17. The van der Waals surface area contributed by atoms with Gasteiger partial charge in [0.05, 0.1) is 26.1 Å². The van der Waals surface area contributed by atoms with E-state index in [9.17, 15) is 19.2 Å². The Kier molecular flexibility index (Phi) is 5.42. The number of hydrogen-bond acceptors (Lipinski definition) is 8. The van der Waals surface area contributed by atoms with Gasteiger partial charge in [0.2, 0.25) is 0 Å². The van der Waals surface area contributed by atoms with Gasteiger partial charge in [0.1, 0.15) is 11.4 Å². The molecule has 0 aromatic heterocycles. The van der Waals surface area contributed by atoms with Gasteiger partial charge in [-0.1, -0.05) is 12.2 Å². The Morgan fingerprint density at radius 2 is 1.06 bits per heavy atom. The van der Waals surface area contributed by atoms with Crippen LogP contribution < -0.4 is 0 Å². The third-order valence-electron chi connectivity index (χ3n) is 7.42. The molecule has 6 unspecified atom stereocenters. The van der Waals surface area contributed by atoms with Crippen LogP contribution in [0.15, 0.2) is 22.4 Å². The van der Waals surface area contributed by atoms with E-state index in [2.05, 4.69) is 10.2 Å². The molecule has 0 radical (unpaired) electrons. The lowest BCUT2D eigenvalue weighted by Gasteiger charge is -2.64. The fraction of sp³-hybridized carbons (Fsp3) is 0.636. The first kappa shape index (κ1) is 22.2. The van der Waals surface area contributed by atoms with Crippen LogP contribution in [0.25, 0.3) is 0 Å². The molecule has 4 aliphatic carbocycles. The topological polar surface area (TPSA) is 118 Å². The molecule has 8 atom stereocenters. The summed E-state index contributed by atoms with van der Waals surface area (Å²) in [5.41, 5.74) is 0.575. The van der Waals surface area contributed by atoms with E-state index in [1.165, 1.54) is 24.0 Å². The van der Waals surface area contributed by atoms with Crippen LogP contribution in [-0.2, 0) is 28.7 Å². The molecule has 5 rings (SSSR count). The van der Waals surface area contributed by atoms with Gasteiger partial charge < -0.3 is 19.3 Å². The van der Waals surface area contributed by atoms with Crippen molar-refractivity contribution in [3.8, 4) is 0 Å². The molecule has 5 aliphatic rings. The molecular weight excluding hydrogens is 416 g/mol. The maximum atomic E-state index is 12.9. The van der Waals surface area contributed by atoms with Crippen LogP contribution >= 0.6 is 0 Å². The van der Waals surface area contributed by atoms with Crippen molar-refractivity contribution in [3.63, 3.8) is 0 Å². The quantitative estimate of drug-likeness (QED) is 0.439. The summed E-state index contributed by atoms with van der Waals surface area (Å²) in [6.45, 7) is 0. The summed E-state index contributed by atoms with van der Waals surface area (Å²) in [4.78, 5) is 54.2. The second-order valence-electron chi connectivity index (χ2n) is 9.21. The molecule has 1 aliphatic heterocycles. The monoisotopic (exact) mass is 444 g/mol. The second-order valence-corrected chi connectivity index (χ2v) is 9.21. The normalized spacial score (nSPS) is 35.9. The number of fused-ring (bicyclic) bond motifs is 2. The van der Waals surface area contributed by atoms with E-state index in [0.29, 0.717) is 0 Å². The van der Waals surface area contributed by atoms with Gasteiger partial charge in [-0.25, -0.2) is 0 Å². The maximum Gasteiger partial charge on any atom is 0.310 e. The lowest BCUT2D eigenvalue weighted by molar-refractivity contribution is -0.180. The molecule has 0 aromatic rings. The number of ether oxygens (including phenoxy) is 2. The molecule has 0 saturated heterocycles. The first-order valence-corrected chi connectivity index (χ1v) is 10.6. The van der Waals surface area contributed by atoms with Crippen molar-refractivity contribution >= 4 is 35.2 Å². The van der Waals surface area contributed by atoms with E-state index in [1.54, 1.807) is 28.2 Å². The minimum absolute atomic E-state index is 0.136. The summed E-state index contributed by atoms with van der Waals surface area (Å²) in [6.07, 6.45) is 3.89. The van der Waals surface area contributed by atoms with Gasteiger partial charge in [-0.3, -0.25) is 19.2 Å². The third kappa shape index (κ3) is 2.91. The van der Waals surface area contributed by atoms with Crippen molar-refractivity contribution in [2.24, 2.45) is 57.5 Å². The average molecular weight is 444 g/mol. The van der Waals surface area contributed by atoms with E-state index >= 15 is 0 Å². The lowest BCUT2D eigenvalue weighted by Crippen LogP contribution is -2.70. The predicted molar refractivity (Wildman–Crippen MR) is 113 cm³/mol. The number of esters is 2. The van der Waals surface area contributed by atoms with E-state index in [4.69, 9.17) is 9.47 Å². The number of rotatable bonds is 4. The van der Waals surface area contributed by atoms with Crippen LogP contribution in [0.4, 0.5) is 0 Å². The molecule has 1 heterocycles. The average Bonchev–Trinajstić information content (AvgIpc) is 2.77. The van der Waals surface area contributed by atoms with E-state index in [0.717, 1.165) is 0 Å². The Morgan fingerprint density at radius 3 is 1.34 bits per heavy atom. The summed E-state index contributed by atoms with van der Waals surface area (Å²) < 4.78 is 10.1. The number of amides is 2. The number of nitrogens with zero attached hydrogens (tertiary/aromatic N) is 4. The van der Waals surface area contributed by atoms with Crippen molar-refractivity contribution in [2.75, 3.05) is 42.4 Å². The SMILES string of the molecule is COC(=O)C1C(C(=O)OC)[C@H]2C=C[C@H]1C1C3C(C(=O)N(C)C)=NN=C(C(=O)N(C)C)C3C12. The molecule has 10 heteroatoms. The van der Waals surface area contributed by atoms with Crippen LogP contribution in [0, 0.1) is 47.3 Å². The minimum Gasteiger partial charge on any atom is -0.469 e. The summed E-state index contributed by atoms with van der Waals surface area (Å²) in [5.74, 6) is -4.62. The molecule has 0 spiro atoms. The van der Waals surface area contributed by atoms with Crippen molar-refractivity contribution < 1.29 is 28.7 Å². The van der Waals surface area contributed by atoms with Crippen LogP contribution in [0.5, 0.6) is 0 Å². The third-order valence-corrected chi connectivity index (χ3v) is 7.42. The molecule has 10 nitrogen and oxygen atoms in total. The number of hydrogen-bond donors (Lipinski definition) is 0. The molecular formula is C22H28N4O6. The molecule has 0 N–H and O–H groups in total. The van der Waals surface area contributed by atoms with Crippen molar-refractivity contribution in [3.05, 3.63) is 12.2 Å². The van der Waals surface area contributed by atoms with E-state index in [-0.39, 0.29) is 58.7 Å². The number of methoxy groups -OCH3 is 2. The highest BCUT2D eigenvalue weighted by atomic mass is 16.5. The van der Waals surface area contributed by atoms with Crippen LogP contribution in [0.1, 0.15) is 0 Å². The largest absolute Gasteiger partial charge is 0.469 e. The first-order chi connectivity index (χ1) is 15.1. The minimum atomic E-state index is -0.716. The van der Waals surface area contributed by atoms with Gasteiger partial charge in [-0.15, -0.1) is 10.2 Å². The van der Waals surface area contributed by atoms with Gasteiger partial charge in [0, 0.05) is 40.0 Å². The Bertz CT molecular complexity index is 891. The Morgan fingerprint density at radius 1 is 0.719 bits per heavy atom. The highest BCUT2D eigenvalue weighted by molar-refractivity contribution is 6.45. The van der Waals surface area contributed by atoms with Gasteiger partial charge >= 0.3 is 11.9 Å². The molecule has 172 valence electrons. The summed E-state index contributed by atoms with van der Waals surface area (Å²) in [5, 5.41) is 8.37. The van der Waals surface area contributed by atoms with Crippen molar-refractivity contribution in [1.29, 1.82) is 0 Å². The Balaban J connectivity index is 1.82. The smallest absolute Gasteiger partial charge is 0.310 e. The van der Waals surface area contributed by atoms with Crippen LogP contribution in [-0.4, -0.2) is 87.4 Å². The van der Waals surface area contributed by atoms with Crippen molar-refractivity contribution in [1.82, 2.24) is 9.80 Å². The zero-order valence-electron chi connectivity index (χ0n) is 19.0. The van der Waals surface area contributed by atoms with Gasteiger partial charge in [0.15, 0.2) is 0 Å². The highest BCUT2D eigenvalue weighted by Gasteiger charge is 2.70. The fourth-order valence-electron chi connectivity index (χ4n) is 6.17. The van der Waals surface area contributed by atoms with Gasteiger partial charge in [0.25, 0.3) is 11.8 Å². The standard InChI is InChI=1S/C22H28N4O6/c1-25(2)19(27)17-15-11-9-7-8-10(14(22(30)32-6)13(9)21(29)31-5)12(11)16(15)18(24-23-17)20(28)26(3)4/h7-16H,1-6H3/t9-,10-,11?,12?,13?,14?,15?,16?/m0/s1. The number of carbonyl (C=O) groups is 4. The van der Waals surface area contributed by atoms with Crippen LogP contribution in [0.3, 0.4) is 0 Å². The van der Waals surface area contributed by atoms with E-state index < -0.39 is 23.8 Å². The van der Waals surface area contributed by atoms with E-state index in [1.807, 2.05) is 12.2 Å². The Labute approximate surface area is 186 Å². The highest BCUT2D eigenvalue weighted by Crippen LogP contribution is 2.66. The maximum absolute atomic E-state index is 12.9. The summed E-state index contributed by atoms with van der Waals surface area (Å²) in [6, 6.07) is 0. The molecule has 2 saturated carbocycles. The van der Waals surface area contributed by atoms with Crippen LogP contribution in [0.2, 0.25) is 0 Å². The molecule has 2 amide bonds. The number of carbonyl (C=O) groups excluding carboxylic acids is 4. The molecule has 2 fully saturated rings. The molecule has 32 heavy (non-hydrogen) atoms. The van der Waals surface area contributed by atoms with Crippen molar-refractivity contribution in [2.45, 2.75) is 0 Å². The van der Waals surface area contributed by atoms with Gasteiger partial charge in [-0.2, -0.15) is 0 Å². The molecule has 0 aromatic carbocycles. The Hall–Kier alpha value is -3.04. The lowest BCUT2D eigenvalue weighted by atomic mass is 9.38. The molecule has 2 bridgehead atoms. The zero-order chi connectivity index (χ0) is 23.5. The predicted octanol–water partition coefficient (Wildman–Crippen LogP) is -0.154. The number of allylic oxidation sites excluding steroid dienone is 2. The zero-order valence-corrected chi connectivity index (χ0v) is 19.0. The second kappa shape index (κ2) is 7.83. The summed E-state index contributed by atoms with van der Waals surface area (Å²) >= 11 is 0. The summed E-state index contributed by atoms with van der Waals surface area (Å²) in [7, 11) is 9.14.